The van der Waals surface area contributed by atoms with Gasteiger partial charge >= 0.3 is 0 Å². The highest BCUT2D eigenvalue weighted by Gasteiger charge is 2.14. The van der Waals surface area contributed by atoms with Gasteiger partial charge in [-0.2, -0.15) is 0 Å². The fourth-order valence-electron chi connectivity index (χ4n) is 3.30. The molecule has 0 saturated heterocycles. The van der Waals surface area contributed by atoms with Gasteiger partial charge in [-0.3, -0.25) is 4.90 Å². The van der Waals surface area contributed by atoms with E-state index in [0.717, 1.165) is 24.6 Å². The van der Waals surface area contributed by atoms with Crippen LogP contribution in [-0.2, 0) is 13.1 Å². The maximum atomic E-state index is 10.6. The summed E-state index contributed by atoms with van der Waals surface area (Å²) in [6.07, 6.45) is -0.585. The fraction of sp³-hybridized carbons (Fsp3) is 0.280. The second kappa shape index (κ2) is 10.6. The molecule has 152 valence electrons. The van der Waals surface area contributed by atoms with E-state index in [9.17, 15) is 5.11 Å². The van der Waals surface area contributed by atoms with Crippen LogP contribution in [0.4, 0.5) is 0 Å². The monoisotopic (exact) mass is 391 g/mol. The topological polar surface area (TPSA) is 41.9 Å². The maximum absolute atomic E-state index is 10.6. The van der Waals surface area contributed by atoms with Gasteiger partial charge in [-0.1, -0.05) is 60.2 Å². The zero-order valence-electron chi connectivity index (χ0n) is 17.1. The molecule has 3 rings (SSSR count). The van der Waals surface area contributed by atoms with Crippen molar-refractivity contribution in [1.82, 2.24) is 4.90 Å². The van der Waals surface area contributed by atoms with E-state index in [0.29, 0.717) is 6.54 Å². The van der Waals surface area contributed by atoms with E-state index in [4.69, 9.17) is 9.47 Å². The molecular formula is C25H29NO3. The second-order valence-electron chi connectivity index (χ2n) is 7.28. The van der Waals surface area contributed by atoms with Crippen molar-refractivity contribution >= 4 is 0 Å². The number of hydrogen-bond donors (Lipinski definition) is 1. The minimum atomic E-state index is -0.585. The highest BCUT2D eigenvalue weighted by atomic mass is 16.5. The molecule has 0 saturated carbocycles. The first-order valence-corrected chi connectivity index (χ1v) is 9.89. The number of methoxy groups -OCH3 is 1. The predicted molar refractivity (Wildman–Crippen MR) is 116 cm³/mol. The molecule has 0 aliphatic carbocycles. The van der Waals surface area contributed by atoms with Crippen molar-refractivity contribution in [3.63, 3.8) is 0 Å². The van der Waals surface area contributed by atoms with E-state index in [1.807, 2.05) is 42.5 Å². The minimum Gasteiger partial charge on any atom is -0.497 e. The molecule has 1 atom stereocenters. The van der Waals surface area contributed by atoms with Crippen molar-refractivity contribution < 1.29 is 14.6 Å². The Hall–Kier alpha value is -2.82. The van der Waals surface area contributed by atoms with Crippen molar-refractivity contribution in [2.75, 3.05) is 20.3 Å². The normalized spacial score (nSPS) is 12.0. The second-order valence-corrected chi connectivity index (χ2v) is 7.28. The number of nitrogens with zero attached hydrogens (tertiary/aromatic N) is 1. The Balaban J connectivity index is 1.65. The summed E-state index contributed by atoms with van der Waals surface area (Å²) in [5, 5.41) is 10.6. The Morgan fingerprint density at radius 1 is 0.828 bits per heavy atom. The third-order valence-corrected chi connectivity index (χ3v) is 4.71. The summed E-state index contributed by atoms with van der Waals surface area (Å²) >= 11 is 0. The zero-order chi connectivity index (χ0) is 20.5. The number of aryl methyl sites for hydroxylation is 1. The standard InChI is InChI=1S/C25H29NO3/c1-20-7-6-8-22(15-20)17-26(16-21-11-13-24(28-2)14-12-21)18-23(27)19-29-25-9-4-3-5-10-25/h3-15,23,27H,16-19H2,1-2H3/t23-/m0/s1. The molecule has 1 N–H and O–H groups in total. The Labute approximate surface area is 173 Å². The van der Waals surface area contributed by atoms with Gasteiger partial charge in [-0.25, -0.2) is 0 Å². The highest BCUT2D eigenvalue weighted by Crippen LogP contribution is 2.16. The molecule has 0 aromatic heterocycles. The first-order chi connectivity index (χ1) is 14.1. The SMILES string of the molecule is COc1ccc(CN(Cc2cccc(C)c2)C[C@H](O)COc2ccccc2)cc1. The lowest BCUT2D eigenvalue weighted by atomic mass is 10.1. The van der Waals surface area contributed by atoms with Crippen molar-refractivity contribution in [2.45, 2.75) is 26.1 Å². The summed E-state index contributed by atoms with van der Waals surface area (Å²) in [6.45, 7) is 4.38. The Kier molecular flexibility index (Phi) is 7.68. The molecule has 3 aromatic carbocycles. The van der Waals surface area contributed by atoms with Crippen molar-refractivity contribution in [3.8, 4) is 11.5 Å². The Morgan fingerprint density at radius 3 is 2.24 bits per heavy atom. The first-order valence-electron chi connectivity index (χ1n) is 9.89. The summed E-state index contributed by atoms with van der Waals surface area (Å²) in [4.78, 5) is 2.25. The fourth-order valence-corrected chi connectivity index (χ4v) is 3.30. The van der Waals surface area contributed by atoms with Crippen LogP contribution < -0.4 is 9.47 Å². The third kappa shape index (κ3) is 6.93. The molecule has 0 aliphatic heterocycles. The molecule has 0 aliphatic rings. The van der Waals surface area contributed by atoms with Gasteiger partial charge in [0.15, 0.2) is 0 Å². The molecule has 0 fully saturated rings. The van der Waals surface area contributed by atoms with E-state index in [1.54, 1.807) is 7.11 Å². The van der Waals surface area contributed by atoms with Gasteiger partial charge in [-0.05, 0) is 42.3 Å². The molecule has 4 nitrogen and oxygen atoms in total. The Bertz CT molecular complexity index is 865. The number of rotatable bonds is 10. The largest absolute Gasteiger partial charge is 0.497 e. The van der Waals surface area contributed by atoms with E-state index < -0.39 is 6.10 Å². The smallest absolute Gasteiger partial charge is 0.119 e. The van der Waals surface area contributed by atoms with Crippen LogP contribution in [0, 0.1) is 6.92 Å². The van der Waals surface area contributed by atoms with Crippen molar-refractivity contribution in [3.05, 3.63) is 95.6 Å². The molecule has 0 unspecified atom stereocenters. The number of para-hydroxylation sites is 1. The van der Waals surface area contributed by atoms with Gasteiger partial charge in [0.1, 0.15) is 24.2 Å². The van der Waals surface area contributed by atoms with E-state index in [2.05, 4.69) is 48.2 Å². The molecular weight excluding hydrogens is 362 g/mol. The molecule has 0 bridgehead atoms. The van der Waals surface area contributed by atoms with Gasteiger partial charge in [0.2, 0.25) is 0 Å². The van der Waals surface area contributed by atoms with Crippen LogP contribution in [-0.4, -0.2) is 36.4 Å². The number of benzene rings is 3. The summed E-state index contributed by atoms with van der Waals surface area (Å²) < 4.78 is 11.0. The van der Waals surface area contributed by atoms with E-state index in [1.165, 1.54) is 16.7 Å². The zero-order valence-corrected chi connectivity index (χ0v) is 17.1. The Morgan fingerprint density at radius 2 is 1.55 bits per heavy atom. The number of aliphatic hydroxyl groups excluding tert-OH is 1. The lowest BCUT2D eigenvalue weighted by Gasteiger charge is -2.25. The van der Waals surface area contributed by atoms with Crippen LogP contribution >= 0.6 is 0 Å². The third-order valence-electron chi connectivity index (χ3n) is 4.71. The first kappa shape index (κ1) is 20.9. The van der Waals surface area contributed by atoms with Gasteiger partial charge in [0.25, 0.3) is 0 Å². The van der Waals surface area contributed by atoms with Crippen LogP contribution in [0.3, 0.4) is 0 Å². The molecule has 3 aromatic rings. The molecule has 0 spiro atoms. The van der Waals surface area contributed by atoms with E-state index >= 15 is 0 Å². The molecule has 0 amide bonds. The van der Waals surface area contributed by atoms with Gasteiger partial charge in [0, 0.05) is 19.6 Å². The summed E-state index contributed by atoms with van der Waals surface area (Å²) in [6, 6.07) is 26.1. The molecule has 0 heterocycles. The van der Waals surface area contributed by atoms with Crippen LogP contribution in [0.1, 0.15) is 16.7 Å². The minimum absolute atomic E-state index is 0.261. The summed E-state index contributed by atoms with van der Waals surface area (Å²) in [7, 11) is 1.67. The van der Waals surface area contributed by atoms with Crippen LogP contribution in [0.15, 0.2) is 78.9 Å². The molecule has 29 heavy (non-hydrogen) atoms. The lowest BCUT2D eigenvalue weighted by molar-refractivity contribution is 0.0628. The van der Waals surface area contributed by atoms with E-state index in [-0.39, 0.29) is 6.61 Å². The number of ether oxygens (including phenoxy) is 2. The molecule has 4 heteroatoms. The molecule has 0 radical (unpaired) electrons. The van der Waals surface area contributed by atoms with Gasteiger partial charge in [-0.15, -0.1) is 0 Å². The average Bonchev–Trinajstić information content (AvgIpc) is 2.73. The lowest BCUT2D eigenvalue weighted by Crippen LogP contribution is -2.35. The maximum Gasteiger partial charge on any atom is 0.119 e. The van der Waals surface area contributed by atoms with Crippen molar-refractivity contribution in [1.29, 1.82) is 0 Å². The summed E-state index contributed by atoms with van der Waals surface area (Å²) in [5.41, 5.74) is 3.64. The van der Waals surface area contributed by atoms with Crippen LogP contribution in [0.5, 0.6) is 11.5 Å². The number of aliphatic hydroxyl groups is 1. The average molecular weight is 392 g/mol. The summed E-state index contributed by atoms with van der Waals surface area (Å²) in [5.74, 6) is 1.61. The van der Waals surface area contributed by atoms with Crippen molar-refractivity contribution in [2.24, 2.45) is 0 Å². The number of hydrogen-bond acceptors (Lipinski definition) is 4. The van der Waals surface area contributed by atoms with Crippen LogP contribution in [0.2, 0.25) is 0 Å². The van der Waals surface area contributed by atoms with Crippen LogP contribution in [0.25, 0.3) is 0 Å². The predicted octanol–water partition coefficient (Wildman–Crippen LogP) is 4.45. The highest BCUT2D eigenvalue weighted by molar-refractivity contribution is 5.27. The van der Waals surface area contributed by atoms with Gasteiger partial charge in [0.05, 0.1) is 7.11 Å². The quantitative estimate of drug-likeness (QED) is 0.555. The van der Waals surface area contributed by atoms with Gasteiger partial charge < -0.3 is 14.6 Å².